The molecule has 2 aromatic carbocycles. The zero-order valence-electron chi connectivity index (χ0n) is 17.6. The Kier molecular flexibility index (Phi) is 4.92. The van der Waals surface area contributed by atoms with Crippen molar-refractivity contribution in [3.05, 3.63) is 99.2 Å². The molecule has 1 saturated heterocycles. The fourth-order valence-electron chi connectivity index (χ4n) is 5.03. The number of fused-ring (bicyclic) bond motifs is 3. The van der Waals surface area contributed by atoms with Crippen molar-refractivity contribution in [2.24, 2.45) is 0 Å². The fourth-order valence-corrected chi connectivity index (χ4v) is 5.03. The van der Waals surface area contributed by atoms with Crippen molar-refractivity contribution >= 4 is 5.91 Å². The lowest BCUT2D eigenvalue weighted by molar-refractivity contribution is 0.0532. The van der Waals surface area contributed by atoms with Crippen molar-refractivity contribution in [2.45, 2.75) is 31.0 Å². The molecule has 1 aromatic heterocycles. The lowest BCUT2D eigenvalue weighted by Crippen LogP contribution is -2.63. The highest BCUT2D eigenvalue weighted by atomic mass is 19.2. The van der Waals surface area contributed by atoms with Crippen molar-refractivity contribution in [1.82, 2.24) is 9.58 Å². The highest BCUT2D eigenvalue weighted by molar-refractivity contribution is 5.96. The van der Waals surface area contributed by atoms with Gasteiger partial charge >= 0.3 is 0 Å². The number of pyridine rings is 1. The predicted molar refractivity (Wildman–Crippen MR) is 114 cm³/mol. The van der Waals surface area contributed by atoms with E-state index < -0.39 is 52.7 Å². The Labute approximate surface area is 187 Å². The van der Waals surface area contributed by atoms with Gasteiger partial charge < -0.3 is 10.0 Å². The molecule has 1 amide bonds. The van der Waals surface area contributed by atoms with Crippen LogP contribution in [0.3, 0.4) is 0 Å². The number of hydrogen-bond donors (Lipinski definition) is 1. The molecule has 2 aliphatic rings. The first kappa shape index (κ1) is 21.1. The Bertz CT molecular complexity index is 1310. The lowest BCUT2D eigenvalue weighted by Gasteiger charge is -2.54. The number of hydrogen-bond acceptors (Lipinski definition) is 4. The van der Waals surface area contributed by atoms with Gasteiger partial charge in [0, 0.05) is 31.3 Å². The summed E-state index contributed by atoms with van der Waals surface area (Å²) in [4.78, 5) is 26.5. The van der Waals surface area contributed by atoms with E-state index in [4.69, 9.17) is 0 Å². The SMILES string of the molecule is CN1C(=O)c2c(O)c(=O)ccn2N2C(c3ccccc3)C(c3cc(F)c(F)cc3F)CCC12. The number of aromatic hydroxyl groups is 1. The number of benzene rings is 2. The lowest BCUT2D eigenvalue weighted by atomic mass is 9.79. The minimum Gasteiger partial charge on any atom is -0.502 e. The Balaban J connectivity index is 1.76. The molecule has 0 bridgehead atoms. The first-order valence-electron chi connectivity index (χ1n) is 10.5. The average molecular weight is 455 g/mol. The Morgan fingerprint density at radius 2 is 1.64 bits per heavy atom. The summed E-state index contributed by atoms with van der Waals surface area (Å²) in [5.41, 5.74) is -0.123. The molecule has 3 aromatic rings. The normalized spacial score (nSPS) is 22.2. The van der Waals surface area contributed by atoms with Gasteiger partial charge in [0.2, 0.25) is 5.43 Å². The maximum Gasteiger partial charge on any atom is 0.277 e. The number of halogens is 3. The number of carbonyl (C=O) groups is 1. The molecule has 2 aliphatic heterocycles. The van der Waals surface area contributed by atoms with E-state index in [1.54, 1.807) is 24.2 Å². The van der Waals surface area contributed by atoms with E-state index >= 15 is 0 Å². The summed E-state index contributed by atoms with van der Waals surface area (Å²) in [5.74, 6) is -5.07. The minimum atomic E-state index is -1.27. The van der Waals surface area contributed by atoms with Crippen LogP contribution in [0.5, 0.6) is 5.75 Å². The zero-order valence-corrected chi connectivity index (χ0v) is 17.6. The largest absolute Gasteiger partial charge is 0.502 e. The van der Waals surface area contributed by atoms with Crippen LogP contribution < -0.4 is 10.4 Å². The molecule has 33 heavy (non-hydrogen) atoms. The highest BCUT2D eigenvalue weighted by Gasteiger charge is 2.47. The Morgan fingerprint density at radius 1 is 0.939 bits per heavy atom. The van der Waals surface area contributed by atoms with Crippen molar-refractivity contribution < 1.29 is 23.1 Å². The summed E-state index contributed by atoms with van der Waals surface area (Å²) in [5, 5.41) is 12.2. The number of piperidine rings is 1. The second kappa shape index (κ2) is 7.68. The molecule has 3 heterocycles. The highest BCUT2D eigenvalue weighted by Crippen LogP contribution is 2.47. The van der Waals surface area contributed by atoms with Crippen LogP contribution in [-0.2, 0) is 0 Å². The van der Waals surface area contributed by atoms with Crippen LogP contribution >= 0.6 is 0 Å². The zero-order chi connectivity index (χ0) is 23.4. The second-order valence-electron chi connectivity index (χ2n) is 8.33. The summed E-state index contributed by atoms with van der Waals surface area (Å²) < 4.78 is 44.1. The average Bonchev–Trinajstić information content (AvgIpc) is 2.81. The Morgan fingerprint density at radius 3 is 2.36 bits per heavy atom. The van der Waals surface area contributed by atoms with Gasteiger partial charge in [-0.05, 0) is 30.0 Å². The molecule has 3 atom stereocenters. The molecule has 0 spiro atoms. The van der Waals surface area contributed by atoms with Crippen LogP contribution in [0.4, 0.5) is 13.2 Å². The summed E-state index contributed by atoms with van der Waals surface area (Å²) >= 11 is 0. The van der Waals surface area contributed by atoms with Crippen LogP contribution in [0.2, 0.25) is 0 Å². The van der Waals surface area contributed by atoms with E-state index in [-0.39, 0.29) is 11.3 Å². The Hall–Kier alpha value is -3.75. The first-order valence-corrected chi connectivity index (χ1v) is 10.5. The number of amides is 1. The number of carbonyl (C=O) groups excluding carboxylic acids is 1. The molecule has 170 valence electrons. The summed E-state index contributed by atoms with van der Waals surface area (Å²) in [7, 11) is 1.57. The summed E-state index contributed by atoms with van der Waals surface area (Å²) in [6.45, 7) is 0. The molecule has 1 fully saturated rings. The third kappa shape index (κ3) is 3.18. The van der Waals surface area contributed by atoms with Gasteiger partial charge in [0.15, 0.2) is 23.1 Å². The van der Waals surface area contributed by atoms with Gasteiger partial charge in [-0.15, -0.1) is 0 Å². The van der Waals surface area contributed by atoms with Gasteiger partial charge in [0.05, 0.1) is 6.04 Å². The molecule has 5 rings (SSSR count). The van der Waals surface area contributed by atoms with Crippen LogP contribution in [0, 0.1) is 17.5 Å². The smallest absolute Gasteiger partial charge is 0.277 e. The van der Waals surface area contributed by atoms with Crippen LogP contribution in [0.15, 0.2) is 59.5 Å². The fraction of sp³-hybridized carbons (Fsp3) is 0.250. The topological polar surface area (TPSA) is 65.8 Å². The number of rotatable bonds is 2. The summed E-state index contributed by atoms with van der Waals surface area (Å²) in [6.07, 6.45) is 1.72. The van der Waals surface area contributed by atoms with Gasteiger partial charge in [-0.3, -0.25) is 19.3 Å². The molecule has 0 aliphatic carbocycles. The van der Waals surface area contributed by atoms with E-state index in [2.05, 4.69) is 0 Å². The molecule has 0 radical (unpaired) electrons. The number of nitrogens with zero attached hydrogens (tertiary/aromatic N) is 3. The molecule has 0 saturated carbocycles. The van der Waals surface area contributed by atoms with E-state index in [0.717, 1.165) is 17.7 Å². The summed E-state index contributed by atoms with van der Waals surface area (Å²) in [6, 6.07) is 11.1. The van der Waals surface area contributed by atoms with Gasteiger partial charge in [0.25, 0.3) is 5.91 Å². The molecule has 1 N–H and O–H groups in total. The maximum absolute atomic E-state index is 14.9. The van der Waals surface area contributed by atoms with Crippen molar-refractivity contribution in [3.63, 3.8) is 0 Å². The van der Waals surface area contributed by atoms with Gasteiger partial charge in [-0.25, -0.2) is 13.2 Å². The van der Waals surface area contributed by atoms with Gasteiger partial charge in [-0.2, -0.15) is 0 Å². The van der Waals surface area contributed by atoms with Crippen molar-refractivity contribution in [2.75, 3.05) is 12.1 Å². The van der Waals surface area contributed by atoms with E-state index in [0.29, 0.717) is 18.9 Å². The van der Waals surface area contributed by atoms with E-state index in [1.165, 1.54) is 15.8 Å². The van der Waals surface area contributed by atoms with Crippen LogP contribution in [0.1, 0.15) is 46.4 Å². The standard InChI is InChI=1S/C24H20F3N3O3/c1-28-20-8-7-14(15-11-17(26)18(27)12-16(15)25)21(13-5-3-2-4-6-13)30(20)29-10-9-19(31)23(32)22(29)24(28)33/h2-6,9-12,14,20-21,32H,7-8H2,1H3. The molecular formula is C24H20F3N3O3. The maximum atomic E-state index is 14.9. The van der Waals surface area contributed by atoms with Crippen molar-refractivity contribution in [1.29, 1.82) is 0 Å². The third-order valence-corrected chi connectivity index (χ3v) is 6.56. The van der Waals surface area contributed by atoms with Crippen molar-refractivity contribution in [3.8, 4) is 5.75 Å². The quantitative estimate of drug-likeness (QED) is 0.600. The minimum absolute atomic E-state index is 0.0209. The molecule has 6 nitrogen and oxygen atoms in total. The molecular weight excluding hydrogens is 435 g/mol. The van der Waals surface area contributed by atoms with Crippen LogP contribution in [-0.4, -0.2) is 33.8 Å². The monoisotopic (exact) mass is 455 g/mol. The van der Waals surface area contributed by atoms with E-state index in [1.807, 2.05) is 18.2 Å². The van der Waals surface area contributed by atoms with Gasteiger partial charge in [-0.1, -0.05) is 30.3 Å². The van der Waals surface area contributed by atoms with E-state index in [9.17, 15) is 27.9 Å². The number of aromatic nitrogens is 1. The molecule has 3 unspecified atom stereocenters. The van der Waals surface area contributed by atoms with Gasteiger partial charge in [0.1, 0.15) is 12.0 Å². The first-order chi connectivity index (χ1) is 15.8. The predicted octanol–water partition coefficient (Wildman–Crippen LogP) is 3.64. The second-order valence-corrected chi connectivity index (χ2v) is 8.33. The molecule has 9 heteroatoms. The third-order valence-electron chi connectivity index (χ3n) is 6.56. The van der Waals surface area contributed by atoms with Crippen LogP contribution in [0.25, 0.3) is 0 Å².